The van der Waals surface area contributed by atoms with E-state index in [1.165, 1.54) is 7.11 Å². The second-order valence-electron chi connectivity index (χ2n) is 9.75. The minimum Gasteiger partial charge on any atom is -0.458 e. The van der Waals surface area contributed by atoms with Gasteiger partial charge in [-0.15, -0.1) is 0 Å². The third kappa shape index (κ3) is 8.65. The van der Waals surface area contributed by atoms with Crippen molar-refractivity contribution < 1.29 is 38.1 Å². The first kappa shape index (κ1) is 27.2. The van der Waals surface area contributed by atoms with Crippen LogP contribution in [0.5, 0.6) is 0 Å². The van der Waals surface area contributed by atoms with E-state index in [2.05, 4.69) is 0 Å². The first-order chi connectivity index (χ1) is 14.2. The van der Waals surface area contributed by atoms with Crippen LogP contribution in [0.4, 0.5) is 9.59 Å². The zero-order valence-corrected chi connectivity index (χ0v) is 20.4. The predicted octanol–water partition coefficient (Wildman–Crippen LogP) is 4.06. The first-order valence-electron chi connectivity index (χ1n) is 10.7. The molecule has 0 unspecified atom stereocenters. The highest BCUT2D eigenvalue weighted by atomic mass is 16.6. The number of esters is 1. The normalized spacial score (nSPS) is 25.9. The summed E-state index contributed by atoms with van der Waals surface area (Å²) < 4.78 is 27.4. The lowest BCUT2D eigenvalue weighted by atomic mass is 9.98. The fourth-order valence-corrected chi connectivity index (χ4v) is 3.38. The molecule has 9 heteroatoms. The van der Waals surface area contributed by atoms with Crippen LogP contribution < -0.4 is 0 Å². The van der Waals surface area contributed by atoms with E-state index in [-0.39, 0.29) is 12.5 Å². The van der Waals surface area contributed by atoms with Gasteiger partial charge in [-0.1, -0.05) is 12.8 Å². The molecule has 0 radical (unpaired) electrons. The van der Waals surface area contributed by atoms with Crippen molar-refractivity contribution in [3.63, 3.8) is 0 Å². The van der Waals surface area contributed by atoms with Crippen molar-refractivity contribution in [3.05, 3.63) is 0 Å². The Labute approximate surface area is 185 Å². The van der Waals surface area contributed by atoms with Gasteiger partial charge in [0.2, 0.25) is 0 Å². The highest BCUT2D eigenvalue weighted by Crippen LogP contribution is 2.25. The molecule has 0 N–H and O–H groups in total. The molecule has 1 aliphatic heterocycles. The second-order valence-corrected chi connectivity index (χ2v) is 9.75. The number of amides is 2. The van der Waals surface area contributed by atoms with Gasteiger partial charge in [-0.25, -0.2) is 14.4 Å². The summed E-state index contributed by atoms with van der Waals surface area (Å²) in [5, 5.41) is 0. The molecule has 0 spiro atoms. The molecular formula is C22H39NO8. The van der Waals surface area contributed by atoms with Gasteiger partial charge < -0.3 is 23.7 Å². The Morgan fingerprint density at radius 2 is 1.39 bits per heavy atom. The van der Waals surface area contributed by atoms with Gasteiger partial charge >= 0.3 is 18.2 Å². The Morgan fingerprint density at radius 1 is 0.903 bits per heavy atom. The molecule has 1 heterocycles. The maximum atomic E-state index is 13.1. The number of imide groups is 1. The summed E-state index contributed by atoms with van der Waals surface area (Å²) in [6.07, 6.45) is -1.10. The van der Waals surface area contributed by atoms with E-state index < -0.39 is 47.6 Å². The maximum absolute atomic E-state index is 13.1. The van der Waals surface area contributed by atoms with Crippen molar-refractivity contribution in [2.75, 3.05) is 14.2 Å². The standard InChI is InChI=1S/C22H39NO8/c1-14-17(28-9)16(27-8)13-11-10-12-15(18(24)29-14)23(19(25)30-21(2,3)4)20(26)31-22(5,6)7/h14-17H,10-13H2,1-9H3/t14-,15-,16-,17-/m0/s1. The topological polar surface area (TPSA) is 101 Å². The summed E-state index contributed by atoms with van der Waals surface area (Å²) in [7, 11) is 3.12. The molecule has 1 aliphatic rings. The zero-order valence-electron chi connectivity index (χ0n) is 20.4. The number of carbonyl (C=O) groups is 3. The molecule has 9 nitrogen and oxygen atoms in total. The van der Waals surface area contributed by atoms with Crippen LogP contribution in [0.25, 0.3) is 0 Å². The van der Waals surface area contributed by atoms with Crippen molar-refractivity contribution >= 4 is 18.2 Å². The Bertz CT molecular complexity index is 594. The summed E-state index contributed by atoms with van der Waals surface area (Å²) in [6, 6.07) is -1.18. The summed E-state index contributed by atoms with van der Waals surface area (Å²) in [5.41, 5.74) is -1.73. The number of cyclic esters (lactones) is 1. The van der Waals surface area contributed by atoms with Gasteiger partial charge in [-0.2, -0.15) is 4.90 Å². The molecule has 0 bridgehead atoms. The summed E-state index contributed by atoms with van der Waals surface area (Å²) in [4.78, 5) is 39.7. The van der Waals surface area contributed by atoms with E-state index in [1.54, 1.807) is 55.6 Å². The minimum absolute atomic E-state index is 0.220. The Kier molecular flexibility index (Phi) is 9.75. The molecular weight excluding hydrogens is 406 g/mol. The molecule has 0 aliphatic carbocycles. The maximum Gasteiger partial charge on any atom is 0.420 e. The van der Waals surface area contributed by atoms with E-state index in [0.29, 0.717) is 19.3 Å². The van der Waals surface area contributed by atoms with Gasteiger partial charge in [0.25, 0.3) is 0 Å². The lowest BCUT2D eigenvalue weighted by molar-refractivity contribution is -0.169. The highest BCUT2D eigenvalue weighted by Gasteiger charge is 2.42. The van der Waals surface area contributed by atoms with Crippen LogP contribution in [0, 0.1) is 0 Å². The zero-order chi connectivity index (χ0) is 24.0. The van der Waals surface area contributed by atoms with Crippen LogP contribution in [0.1, 0.15) is 74.1 Å². The number of methoxy groups -OCH3 is 2. The van der Waals surface area contributed by atoms with Crippen molar-refractivity contribution in [1.82, 2.24) is 4.90 Å². The smallest absolute Gasteiger partial charge is 0.420 e. The third-order valence-electron chi connectivity index (χ3n) is 4.69. The SMILES string of the molecule is CO[C@H]1[C@H](C)OC(=O)[C@@H](N(C(=O)OC(C)(C)C)C(=O)OC(C)(C)C)CCCC[C@@H]1OC. The molecule has 4 atom stereocenters. The number of hydrogen-bond acceptors (Lipinski definition) is 8. The Balaban J connectivity index is 3.26. The quantitative estimate of drug-likeness (QED) is 0.473. The van der Waals surface area contributed by atoms with Crippen molar-refractivity contribution in [3.8, 4) is 0 Å². The van der Waals surface area contributed by atoms with E-state index in [4.69, 9.17) is 23.7 Å². The summed E-state index contributed by atoms with van der Waals surface area (Å²) >= 11 is 0. The lowest BCUT2D eigenvalue weighted by Gasteiger charge is -2.35. The molecule has 0 aromatic carbocycles. The number of carbonyl (C=O) groups excluding carboxylic acids is 3. The number of hydrogen-bond donors (Lipinski definition) is 0. The largest absolute Gasteiger partial charge is 0.458 e. The highest BCUT2D eigenvalue weighted by molar-refractivity contribution is 5.94. The van der Waals surface area contributed by atoms with Gasteiger partial charge in [-0.05, 0) is 61.3 Å². The monoisotopic (exact) mass is 445 g/mol. The van der Waals surface area contributed by atoms with Gasteiger partial charge in [0.15, 0.2) is 0 Å². The minimum atomic E-state index is -1.18. The van der Waals surface area contributed by atoms with E-state index in [0.717, 1.165) is 4.90 Å². The molecule has 0 aromatic heterocycles. The van der Waals surface area contributed by atoms with Crippen LogP contribution in [0.15, 0.2) is 0 Å². The first-order valence-corrected chi connectivity index (χ1v) is 10.7. The van der Waals surface area contributed by atoms with Gasteiger partial charge in [-0.3, -0.25) is 0 Å². The molecule has 1 rings (SSSR count). The lowest BCUT2D eigenvalue weighted by Crippen LogP contribution is -2.54. The fraction of sp³-hybridized carbons (Fsp3) is 0.864. The third-order valence-corrected chi connectivity index (χ3v) is 4.69. The molecule has 1 fully saturated rings. The molecule has 31 heavy (non-hydrogen) atoms. The molecule has 180 valence electrons. The summed E-state index contributed by atoms with van der Waals surface area (Å²) in [6.45, 7) is 11.8. The van der Waals surface area contributed by atoms with Crippen molar-refractivity contribution in [1.29, 1.82) is 0 Å². The fourth-order valence-electron chi connectivity index (χ4n) is 3.38. The van der Waals surface area contributed by atoms with Crippen LogP contribution >= 0.6 is 0 Å². The second kappa shape index (κ2) is 11.1. The van der Waals surface area contributed by atoms with Crippen LogP contribution in [0.3, 0.4) is 0 Å². The van der Waals surface area contributed by atoms with Crippen molar-refractivity contribution in [2.24, 2.45) is 0 Å². The molecule has 1 saturated heterocycles. The van der Waals surface area contributed by atoms with Gasteiger partial charge in [0.05, 0.1) is 6.10 Å². The summed E-state index contributed by atoms with van der Waals surface area (Å²) in [5.74, 6) is -0.719. The van der Waals surface area contributed by atoms with E-state index in [1.807, 2.05) is 0 Å². The van der Waals surface area contributed by atoms with E-state index >= 15 is 0 Å². The number of rotatable bonds is 3. The van der Waals surface area contributed by atoms with Gasteiger partial charge in [0.1, 0.15) is 29.5 Å². The Morgan fingerprint density at radius 3 is 1.81 bits per heavy atom. The number of ether oxygens (including phenoxy) is 5. The van der Waals surface area contributed by atoms with Gasteiger partial charge in [0, 0.05) is 14.2 Å². The molecule has 0 saturated carbocycles. The van der Waals surface area contributed by atoms with E-state index in [9.17, 15) is 14.4 Å². The molecule has 0 aromatic rings. The average molecular weight is 446 g/mol. The van der Waals surface area contributed by atoms with Crippen LogP contribution in [0.2, 0.25) is 0 Å². The van der Waals surface area contributed by atoms with Crippen LogP contribution in [-0.2, 0) is 28.5 Å². The average Bonchev–Trinajstić information content (AvgIpc) is 2.59. The van der Waals surface area contributed by atoms with Crippen LogP contribution in [-0.4, -0.2) is 72.8 Å². The van der Waals surface area contributed by atoms with Crippen molar-refractivity contribution in [2.45, 2.75) is 110 Å². The predicted molar refractivity (Wildman–Crippen MR) is 114 cm³/mol. The molecule has 2 amide bonds. The number of nitrogens with zero attached hydrogens (tertiary/aromatic N) is 1. The Hall–Kier alpha value is -1.87.